The van der Waals surface area contributed by atoms with Crippen LogP contribution in [0, 0.1) is 0 Å². The van der Waals surface area contributed by atoms with Gasteiger partial charge in [0.1, 0.15) is 5.75 Å². The number of benzene rings is 3. The normalized spacial score (nSPS) is 10.9. The first-order valence-electron chi connectivity index (χ1n) is 10.3. The zero-order valence-electron chi connectivity index (χ0n) is 18.1. The Bertz CT molecular complexity index is 1040. The van der Waals surface area contributed by atoms with Gasteiger partial charge in [-0.05, 0) is 50.6 Å². The fraction of sp³-hybridized carbons (Fsp3) is 0.231. The van der Waals surface area contributed by atoms with Crippen LogP contribution in [0.25, 0.3) is 0 Å². The molecule has 0 bridgehead atoms. The summed E-state index contributed by atoms with van der Waals surface area (Å²) in [6, 6.07) is 24.1. The molecule has 0 unspecified atom stereocenters. The minimum atomic E-state index is -0.382. The molecule has 0 heterocycles. The molecular weight excluding hydrogens is 388 g/mol. The molecule has 0 aliphatic carbocycles. The van der Waals surface area contributed by atoms with Gasteiger partial charge >= 0.3 is 0 Å². The first-order chi connectivity index (χ1) is 14.8. The highest BCUT2D eigenvalue weighted by atomic mass is 16.5. The third kappa shape index (κ3) is 6.44. The highest BCUT2D eigenvalue weighted by Crippen LogP contribution is 2.22. The second-order valence-corrected chi connectivity index (χ2v) is 8.28. The first kappa shape index (κ1) is 22.1. The number of rotatable bonds is 7. The zero-order chi connectivity index (χ0) is 22.3. The monoisotopic (exact) mass is 416 g/mol. The van der Waals surface area contributed by atoms with Crippen molar-refractivity contribution in [2.75, 3.05) is 11.9 Å². The van der Waals surface area contributed by atoms with Crippen LogP contribution in [-0.4, -0.2) is 24.0 Å². The molecule has 0 atom stereocenters. The van der Waals surface area contributed by atoms with Gasteiger partial charge in [0.05, 0.1) is 23.4 Å². The van der Waals surface area contributed by atoms with Crippen molar-refractivity contribution in [2.24, 2.45) is 0 Å². The van der Waals surface area contributed by atoms with Gasteiger partial charge in [-0.15, -0.1) is 0 Å². The van der Waals surface area contributed by atoms with Crippen LogP contribution in [0.3, 0.4) is 0 Å². The van der Waals surface area contributed by atoms with Crippen LogP contribution < -0.4 is 15.4 Å². The quantitative estimate of drug-likeness (QED) is 0.564. The van der Waals surface area contributed by atoms with Gasteiger partial charge < -0.3 is 15.4 Å². The summed E-state index contributed by atoms with van der Waals surface area (Å²) in [7, 11) is 0. The molecule has 0 aliphatic heterocycles. The average Bonchev–Trinajstić information content (AvgIpc) is 2.74. The summed E-state index contributed by atoms with van der Waals surface area (Å²) >= 11 is 0. The lowest BCUT2D eigenvalue weighted by atomic mass is 10.1. The number of carbonyl (C=O) groups excluding carboxylic acids is 2. The standard InChI is InChI=1S/C26H28N2O3/c1-26(2,3)28-25(30)20-13-7-9-15-22(20)27-24(29)21-14-8-10-16-23(21)31-18-17-19-11-5-4-6-12-19/h4-16H,17-18H2,1-3H3,(H,27,29)(H,28,30). The lowest BCUT2D eigenvalue weighted by molar-refractivity contribution is 0.0920. The van der Waals surface area contributed by atoms with E-state index in [2.05, 4.69) is 10.6 Å². The molecule has 3 rings (SSSR count). The zero-order valence-corrected chi connectivity index (χ0v) is 18.1. The Kier molecular flexibility index (Phi) is 7.08. The van der Waals surface area contributed by atoms with Crippen molar-refractivity contribution in [2.45, 2.75) is 32.7 Å². The van der Waals surface area contributed by atoms with Crippen LogP contribution in [0.2, 0.25) is 0 Å². The maximum absolute atomic E-state index is 13.0. The third-order valence-electron chi connectivity index (χ3n) is 4.53. The molecule has 160 valence electrons. The van der Waals surface area contributed by atoms with Crippen LogP contribution in [-0.2, 0) is 6.42 Å². The van der Waals surface area contributed by atoms with Gasteiger partial charge in [-0.25, -0.2) is 0 Å². The van der Waals surface area contributed by atoms with E-state index in [1.807, 2.05) is 57.2 Å². The van der Waals surface area contributed by atoms with E-state index in [9.17, 15) is 9.59 Å². The number of hydrogen-bond acceptors (Lipinski definition) is 3. The Morgan fingerprint density at radius 1 is 0.774 bits per heavy atom. The number of para-hydroxylation sites is 2. The second kappa shape index (κ2) is 9.94. The van der Waals surface area contributed by atoms with E-state index < -0.39 is 0 Å². The van der Waals surface area contributed by atoms with Gasteiger partial charge in [-0.2, -0.15) is 0 Å². The summed E-state index contributed by atoms with van der Waals surface area (Å²) in [5.41, 5.74) is 2.07. The molecule has 31 heavy (non-hydrogen) atoms. The Hall–Kier alpha value is -3.60. The minimum absolute atomic E-state index is 0.240. The molecule has 0 saturated carbocycles. The predicted octanol–water partition coefficient (Wildman–Crippen LogP) is 5.09. The smallest absolute Gasteiger partial charge is 0.259 e. The van der Waals surface area contributed by atoms with Crippen molar-refractivity contribution >= 4 is 17.5 Å². The number of carbonyl (C=O) groups is 2. The van der Waals surface area contributed by atoms with E-state index in [0.717, 1.165) is 6.42 Å². The van der Waals surface area contributed by atoms with Crippen molar-refractivity contribution in [1.29, 1.82) is 0 Å². The van der Waals surface area contributed by atoms with Crippen molar-refractivity contribution in [3.8, 4) is 5.75 Å². The summed E-state index contributed by atoms with van der Waals surface area (Å²) in [6.07, 6.45) is 0.743. The first-order valence-corrected chi connectivity index (χ1v) is 10.3. The topological polar surface area (TPSA) is 67.4 Å². The molecule has 3 aromatic carbocycles. The number of amides is 2. The highest BCUT2D eigenvalue weighted by molar-refractivity contribution is 6.10. The molecule has 2 amide bonds. The van der Waals surface area contributed by atoms with Crippen LogP contribution in [0.4, 0.5) is 5.69 Å². The molecule has 0 fully saturated rings. The van der Waals surface area contributed by atoms with E-state index in [4.69, 9.17) is 4.74 Å². The highest BCUT2D eigenvalue weighted by Gasteiger charge is 2.20. The summed E-state index contributed by atoms with van der Waals surface area (Å²) in [4.78, 5) is 25.7. The number of anilines is 1. The molecule has 5 nitrogen and oxygen atoms in total. The van der Waals surface area contributed by atoms with E-state index in [-0.39, 0.29) is 17.4 Å². The van der Waals surface area contributed by atoms with Gasteiger partial charge in [0.2, 0.25) is 0 Å². The van der Waals surface area contributed by atoms with Crippen LogP contribution in [0.15, 0.2) is 78.9 Å². The minimum Gasteiger partial charge on any atom is -0.492 e. The van der Waals surface area contributed by atoms with E-state index in [1.165, 1.54) is 5.56 Å². The lowest BCUT2D eigenvalue weighted by Crippen LogP contribution is -2.40. The molecule has 5 heteroatoms. The van der Waals surface area contributed by atoms with Crippen molar-refractivity contribution in [1.82, 2.24) is 5.32 Å². The Morgan fingerprint density at radius 2 is 1.39 bits per heavy atom. The number of ether oxygens (including phenoxy) is 1. The molecule has 0 aliphatic rings. The number of nitrogens with one attached hydrogen (secondary N) is 2. The fourth-order valence-corrected chi connectivity index (χ4v) is 3.09. The van der Waals surface area contributed by atoms with Crippen LogP contribution in [0.5, 0.6) is 5.75 Å². The van der Waals surface area contributed by atoms with Crippen LogP contribution in [0.1, 0.15) is 47.1 Å². The van der Waals surface area contributed by atoms with E-state index in [1.54, 1.807) is 42.5 Å². The largest absolute Gasteiger partial charge is 0.492 e. The summed E-state index contributed by atoms with van der Waals surface area (Å²) < 4.78 is 5.90. The van der Waals surface area contributed by atoms with E-state index in [0.29, 0.717) is 29.2 Å². The molecule has 3 aromatic rings. The summed E-state index contributed by atoms with van der Waals surface area (Å²) in [6.45, 7) is 6.19. The summed E-state index contributed by atoms with van der Waals surface area (Å²) in [5, 5.41) is 5.79. The average molecular weight is 417 g/mol. The van der Waals surface area contributed by atoms with Crippen molar-refractivity contribution < 1.29 is 14.3 Å². The predicted molar refractivity (Wildman–Crippen MR) is 124 cm³/mol. The fourth-order valence-electron chi connectivity index (χ4n) is 3.09. The molecule has 0 spiro atoms. The molecule has 0 radical (unpaired) electrons. The Balaban J connectivity index is 1.72. The van der Waals surface area contributed by atoms with Crippen molar-refractivity contribution in [3.63, 3.8) is 0 Å². The Morgan fingerprint density at radius 3 is 2.10 bits per heavy atom. The summed E-state index contributed by atoms with van der Waals surface area (Å²) in [5.74, 6) is -0.0605. The van der Waals surface area contributed by atoms with Gasteiger partial charge in [0, 0.05) is 12.0 Å². The maximum atomic E-state index is 13.0. The SMILES string of the molecule is CC(C)(C)NC(=O)c1ccccc1NC(=O)c1ccccc1OCCc1ccccc1. The Labute approximate surface area is 183 Å². The van der Waals surface area contributed by atoms with E-state index >= 15 is 0 Å². The van der Waals surface area contributed by atoms with Gasteiger partial charge in [0.15, 0.2) is 0 Å². The maximum Gasteiger partial charge on any atom is 0.259 e. The lowest BCUT2D eigenvalue weighted by Gasteiger charge is -2.21. The molecular formula is C26H28N2O3. The van der Waals surface area contributed by atoms with Crippen LogP contribution >= 0.6 is 0 Å². The van der Waals surface area contributed by atoms with Gasteiger partial charge in [-0.1, -0.05) is 54.6 Å². The van der Waals surface area contributed by atoms with Gasteiger partial charge in [0.25, 0.3) is 11.8 Å². The number of hydrogen-bond donors (Lipinski definition) is 2. The van der Waals surface area contributed by atoms with Crippen molar-refractivity contribution in [3.05, 3.63) is 95.6 Å². The molecule has 0 aromatic heterocycles. The second-order valence-electron chi connectivity index (χ2n) is 8.28. The third-order valence-corrected chi connectivity index (χ3v) is 4.53. The van der Waals surface area contributed by atoms with Gasteiger partial charge in [-0.3, -0.25) is 9.59 Å². The molecule has 2 N–H and O–H groups in total. The molecule has 0 saturated heterocycles.